The van der Waals surface area contributed by atoms with Crippen LogP contribution in [-0.2, 0) is 0 Å². The molecule has 2 nitrogen and oxygen atoms in total. The van der Waals surface area contributed by atoms with Crippen LogP contribution in [0.4, 0.5) is 5.69 Å². The first-order valence-corrected chi connectivity index (χ1v) is 7.99. The van der Waals surface area contributed by atoms with Gasteiger partial charge in [-0.05, 0) is 37.1 Å². The zero-order valence-electron chi connectivity index (χ0n) is 12.9. The minimum atomic E-state index is 0.565. The standard InChI is InChI=1S/C19H23NO/c1-3-7-14(8-4-2)20-15-11-12-19-17(13-15)16-9-5-6-10-18(16)21-19/h5-6,9-14,20H,3-4,7-8H2,1-2H3. The molecule has 0 unspecified atom stereocenters. The molecule has 0 aliphatic rings. The van der Waals surface area contributed by atoms with Crippen LogP contribution in [0.2, 0.25) is 0 Å². The summed E-state index contributed by atoms with van der Waals surface area (Å²) in [5.41, 5.74) is 3.12. The van der Waals surface area contributed by atoms with E-state index in [1.807, 2.05) is 12.1 Å². The number of rotatable bonds is 6. The molecule has 0 aliphatic carbocycles. The van der Waals surface area contributed by atoms with Crippen molar-refractivity contribution in [3.63, 3.8) is 0 Å². The van der Waals surface area contributed by atoms with Gasteiger partial charge in [-0.3, -0.25) is 0 Å². The zero-order chi connectivity index (χ0) is 14.7. The van der Waals surface area contributed by atoms with Crippen LogP contribution >= 0.6 is 0 Å². The van der Waals surface area contributed by atoms with Crippen molar-refractivity contribution in [3.05, 3.63) is 42.5 Å². The molecule has 110 valence electrons. The predicted molar refractivity (Wildman–Crippen MR) is 90.9 cm³/mol. The van der Waals surface area contributed by atoms with Crippen LogP contribution in [-0.4, -0.2) is 6.04 Å². The number of hydrogen-bond donors (Lipinski definition) is 1. The molecule has 0 amide bonds. The van der Waals surface area contributed by atoms with E-state index >= 15 is 0 Å². The zero-order valence-corrected chi connectivity index (χ0v) is 12.9. The third kappa shape index (κ3) is 2.90. The summed E-state index contributed by atoms with van der Waals surface area (Å²) in [6.45, 7) is 4.49. The van der Waals surface area contributed by atoms with E-state index in [0.29, 0.717) is 6.04 Å². The molecular formula is C19H23NO. The maximum atomic E-state index is 5.88. The fourth-order valence-corrected chi connectivity index (χ4v) is 3.04. The van der Waals surface area contributed by atoms with Crippen LogP contribution in [0.15, 0.2) is 46.9 Å². The number of furan rings is 1. The van der Waals surface area contributed by atoms with Gasteiger partial charge in [-0.15, -0.1) is 0 Å². The molecule has 0 fully saturated rings. The summed E-state index contributed by atoms with van der Waals surface area (Å²) in [6.07, 6.45) is 4.87. The minimum absolute atomic E-state index is 0.565. The topological polar surface area (TPSA) is 25.2 Å². The van der Waals surface area contributed by atoms with Gasteiger partial charge in [0.05, 0.1) is 0 Å². The van der Waals surface area contributed by atoms with Crippen molar-refractivity contribution in [2.45, 2.75) is 45.6 Å². The lowest BCUT2D eigenvalue weighted by molar-refractivity contribution is 0.586. The highest BCUT2D eigenvalue weighted by atomic mass is 16.3. The quantitative estimate of drug-likeness (QED) is 0.602. The van der Waals surface area contributed by atoms with Gasteiger partial charge in [0.1, 0.15) is 11.2 Å². The van der Waals surface area contributed by atoms with E-state index in [1.54, 1.807) is 0 Å². The van der Waals surface area contributed by atoms with E-state index in [0.717, 1.165) is 11.2 Å². The van der Waals surface area contributed by atoms with Crippen molar-refractivity contribution < 1.29 is 4.42 Å². The monoisotopic (exact) mass is 281 g/mol. The fourth-order valence-electron chi connectivity index (χ4n) is 3.04. The molecule has 0 saturated carbocycles. The Morgan fingerprint density at radius 2 is 1.62 bits per heavy atom. The summed E-state index contributed by atoms with van der Waals surface area (Å²) in [4.78, 5) is 0. The summed E-state index contributed by atoms with van der Waals surface area (Å²) in [7, 11) is 0. The molecule has 0 aliphatic heterocycles. The molecule has 0 bridgehead atoms. The van der Waals surface area contributed by atoms with Gasteiger partial charge >= 0.3 is 0 Å². The molecule has 2 aromatic carbocycles. The van der Waals surface area contributed by atoms with Crippen LogP contribution in [0.3, 0.4) is 0 Å². The summed E-state index contributed by atoms with van der Waals surface area (Å²) in [5.74, 6) is 0. The van der Waals surface area contributed by atoms with Crippen molar-refractivity contribution in [2.75, 3.05) is 5.32 Å². The Hall–Kier alpha value is -1.96. The molecule has 1 N–H and O–H groups in total. The van der Waals surface area contributed by atoms with E-state index in [1.165, 1.54) is 42.1 Å². The van der Waals surface area contributed by atoms with Crippen LogP contribution in [0.5, 0.6) is 0 Å². The van der Waals surface area contributed by atoms with Crippen molar-refractivity contribution in [1.29, 1.82) is 0 Å². The van der Waals surface area contributed by atoms with Gasteiger partial charge in [-0.2, -0.15) is 0 Å². The summed E-state index contributed by atoms with van der Waals surface area (Å²) < 4.78 is 5.88. The Bertz CT molecular complexity index is 723. The van der Waals surface area contributed by atoms with E-state index in [9.17, 15) is 0 Å². The highest BCUT2D eigenvalue weighted by Crippen LogP contribution is 2.30. The third-order valence-electron chi connectivity index (χ3n) is 4.02. The summed E-state index contributed by atoms with van der Waals surface area (Å²) in [6, 6.07) is 15.2. The van der Waals surface area contributed by atoms with Gasteiger partial charge in [0.2, 0.25) is 0 Å². The molecule has 0 atom stereocenters. The molecule has 2 heteroatoms. The molecular weight excluding hydrogens is 258 g/mol. The first-order chi connectivity index (χ1) is 10.3. The van der Waals surface area contributed by atoms with Gasteiger partial charge in [0.15, 0.2) is 0 Å². The van der Waals surface area contributed by atoms with Crippen LogP contribution in [0, 0.1) is 0 Å². The summed E-state index contributed by atoms with van der Waals surface area (Å²) in [5, 5.41) is 6.08. The highest BCUT2D eigenvalue weighted by Gasteiger charge is 2.10. The largest absolute Gasteiger partial charge is 0.456 e. The first kappa shape index (κ1) is 14.0. The lowest BCUT2D eigenvalue weighted by atomic mass is 10.1. The van der Waals surface area contributed by atoms with E-state index < -0.39 is 0 Å². The third-order valence-corrected chi connectivity index (χ3v) is 4.02. The number of anilines is 1. The van der Waals surface area contributed by atoms with Gasteiger partial charge in [0.25, 0.3) is 0 Å². The Morgan fingerprint density at radius 1 is 0.905 bits per heavy atom. The number of benzene rings is 2. The van der Waals surface area contributed by atoms with Crippen LogP contribution in [0.25, 0.3) is 21.9 Å². The Balaban J connectivity index is 1.94. The highest BCUT2D eigenvalue weighted by molar-refractivity contribution is 6.05. The molecule has 0 radical (unpaired) electrons. The van der Waals surface area contributed by atoms with E-state index in [4.69, 9.17) is 4.42 Å². The molecule has 0 saturated heterocycles. The second kappa shape index (κ2) is 6.21. The predicted octanol–water partition coefficient (Wildman–Crippen LogP) is 5.97. The number of nitrogens with one attached hydrogen (secondary N) is 1. The van der Waals surface area contributed by atoms with Gasteiger partial charge in [0, 0.05) is 22.5 Å². The first-order valence-electron chi connectivity index (χ1n) is 7.99. The van der Waals surface area contributed by atoms with Crippen molar-refractivity contribution in [1.82, 2.24) is 0 Å². The van der Waals surface area contributed by atoms with Crippen molar-refractivity contribution in [2.24, 2.45) is 0 Å². The normalized spacial score (nSPS) is 11.6. The fraction of sp³-hybridized carbons (Fsp3) is 0.368. The van der Waals surface area contributed by atoms with Crippen molar-refractivity contribution in [3.8, 4) is 0 Å². The molecule has 1 aromatic heterocycles. The molecule has 21 heavy (non-hydrogen) atoms. The molecule has 3 aromatic rings. The van der Waals surface area contributed by atoms with E-state index in [-0.39, 0.29) is 0 Å². The second-order valence-corrected chi connectivity index (χ2v) is 5.73. The van der Waals surface area contributed by atoms with Crippen molar-refractivity contribution >= 4 is 27.6 Å². The number of fused-ring (bicyclic) bond motifs is 3. The van der Waals surface area contributed by atoms with Crippen LogP contribution in [0.1, 0.15) is 39.5 Å². The molecule has 1 heterocycles. The number of hydrogen-bond acceptors (Lipinski definition) is 2. The Labute approximate surface area is 126 Å². The van der Waals surface area contributed by atoms with Gasteiger partial charge < -0.3 is 9.73 Å². The average molecular weight is 281 g/mol. The number of para-hydroxylation sites is 1. The second-order valence-electron chi connectivity index (χ2n) is 5.73. The van der Waals surface area contributed by atoms with Crippen LogP contribution < -0.4 is 5.32 Å². The molecule has 0 spiro atoms. The lowest BCUT2D eigenvalue weighted by Gasteiger charge is -2.18. The summed E-state index contributed by atoms with van der Waals surface area (Å²) >= 11 is 0. The Kier molecular flexibility index (Phi) is 4.14. The Morgan fingerprint density at radius 3 is 2.38 bits per heavy atom. The van der Waals surface area contributed by atoms with Gasteiger partial charge in [-0.25, -0.2) is 0 Å². The smallest absolute Gasteiger partial charge is 0.135 e. The van der Waals surface area contributed by atoms with E-state index in [2.05, 4.69) is 49.5 Å². The lowest BCUT2D eigenvalue weighted by Crippen LogP contribution is -2.18. The average Bonchev–Trinajstić information content (AvgIpc) is 2.86. The minimum Gasteiger partial charge on any atom is -0.456 e. The molecule has 3 rings (SSSR count). The SMILES string of the molecule is CCCC(CCC)Nc1ccc2oc3ccccc3c2c1. The maximum absolute atomic E-state index is 5.88. The van der Waals surface area contributed by atoms with Gasteiger partial charge in [-0.1, -0.05) is 44.9 Å². The maximum Gasteiger partial charge on any atom is 0.135 e.